The van der Waals surface area contributed by atoms with Gasteiger partial charge in [0.2, 0.25) is 10.0 Å². The van der Waals surface area contributed by atoms with Crippen molar-refractivity contribution >= 4 is 27.8 Å². The van der Waals surface area contributed by atoms with Crippen LogP contribution < -0.4 is 4.31 Å². The van der Waals surface area contributed by atoms with E-state index in [-0.39, 0.29) is 5.75 Å². The van der Waals surface area contributed by atoms with Crippen LogP contribution in [-0.4, -0.2) is 33.8 Å². The van der Waals surface area contributed by atoms with Crippen LogP contribution in [0.4, 0.5) is 5.69 Å². The van der Waals surface area contributed by atoms with Gasteiger partial charge in [-0.15, -0.1) is 0 Å². The SMILES string of the molecule is COC(=O)C=Cc1cccc(N2CCCS2(=O)=O)c1. The predicted molar refractivity (Wildman–Crippen MR) is 73.2 cm³/mol. The van der Waals surface area contributed by atoms with Crippen molar-refractivity contribution in [1.82, 2.24) is 0 Å². The molecule has 1 aromatic rings. The Bertz CT molecular complexity index is 607. The fraction of sp³-hybridized carbons (Fsp3) is 0.308. The van der Waals surface area contributed by atoms with Gasteiger partial charge in [-0.3, -0.25) is 4.31 Å². The standard InChI is InChI=1S/C13H15NO4S/c1-18-13(15)7-6-11-4-2-5-12(10-11)14-8-3-9-19(14,16)17/h2,4-7,10H,3,8-9H2,1H3. The first kappa shape index (κ1) is 13.6. The molecule has 2 rings (SSSR count). The molecule has 0 atom stereocenters. The molecular formula is C13H15NO4S. The van der Waals surface area contributed by atoms with Gasteiger partial charge in [-0.1, -0.05) is 12.1 Å². The van der Waals surface area contributed by atoms with Crippen LogP contribution in [0.5, 0.6) is 0 Å². The van der Waals surface area contributed by atoms with Crippen molar-refractivity contribution in [1.29, 1.82) is 0 Å². The Hall–Kier alpha value is -1.82. The van der Waals surface area contributed by atoms with E-state index in [0.717, 1.165) is 5.56 Å². The number of hydrogen-bond donors (Lipinski definition) is 0. The fourth-order valence-electron chi connectivity index (χ4n) is 1.95. The highest BCUT2D eigenvalue weighted by Crippen LogP contribution is 2.25. The van der Waals surface area contributed by atoms with Crippen LogP contribution in [0.25, 0.3) is 6.08 Å². The van der Waals surface area contributed by atoms with Crippen LogP contribution in [0.1, 0.15) is 12.0 Å². The van der Waals surface area contributed by atoms with Gasteiger partial charge in [0.1, 0.15) is 0 Å². The number of anilines is 1. The molecule has 1 saturated heterocycles. The van der Waals surface area contributed by atoms with E-state index in [0.29, 0.717) is 18.7 Å². The van der Waals surface area contributed by atoms with Crippen molar-refractivity contribution in [3.8, 4) is 0 Å². The van der Waals surface area contributed by atoms with E-state index in [9.17, 15) is 13.2 Å². The number of carbonyl (C=O) groups excluding carboxylic acids is 1. The van der Waals surface area contributed by atoms with Crippen molar-refractivity contribution in [2.24, 2.45) is 0 Å². The molecule has 0 amide bonds. The van der Waals surface area contributed by atoms with Gasteiger partial charge in [0.15, 0.2) is 0 Å². The number of ether oxygens (including phenoxy) is 1. The molecule has 0 saturated carbocycles. The molecule has 0 N–H and O–H groups in total. The molecule has 0 aromatic heterocycles. The maximum atomic E-state index is 11.8. The Kier molecular flexibility index (Phi) is 3.90. The van der Waals surface area contributed by atoms with Crippen molar-refractivity contribution in [2.45, 2.75) is 6.42 Å². The van der Waals surface area contributed by atoms with E-state index in [2.05, 4.69) is 4.74 Å². The average molecular weight is 281 g/mol. The molecule has 0 aliphatic carbocycles. The molecule has 5 nitrogen and oxygen atoms in total. The largest absolute Gasteiger partial charge is 0.466 e. The summed E-state index contributed by atoms with van der Waals surface area (Å²) in [6.45, 7) is 0.506. The minimum atomic E-state index is -3.18. The summed E-state index contributed by atoms with van der Waals surface area (Å²) in [4.78, 5) is 11.0. The molecular weight excluding hydrogens is 266 g/mol. The number of rotatable bonds is 3. The zero-order chi connectivity index (χ0) is 13.9. The average Bonchev–Trinajstić information content (AvgIpc) is 2.76. The van der Waals surface area contributed by atoms with E-state index in [1.807, 2.05) is 0 Å². The summed E-state index contributed by atoms with van der Waals surface area (Å²) < 4.78 is 29.5. The molecule has 19 heavy (non-hydrogen) atoms. The number of carbonyl (C=O) groups is 1. The topological polar surface area (TPSA) is 63.7 Å². The number of hydrogen-bond acceptors (Lipinski definition) is 4. The third-order valence-corrected chi connectivity index (χ3v) is 4.74. The highest BCUT2D eigenvalue weighted by molar-refractivity contribution is 7.93. The second kappa shape index (κ2) is 5.44. The molecule has 0 spiro atoms. The number of methoxy groups -OCH3 is 1. The Balaban J connectivity index is 2.25. The van der Waals surface area contributed by atoms with Crippen LogP contribution >= 0.6 is 0 Å². The first-order valence-corrected chi connectivity index (χ1v) is 7.50. The Morgan fingerprint density at radius 1 is 1.42 bits per heavy atom. The van der Waals surface area contributed by atoms with Crippen LogP contribution in [0.15, 0.2) is 30.3 Å². The summed E-state index contributed by atoms with van der Waals surface area (Å²) in [5.41, 5.74) is 1.38. The molecule has 1 aliphatic rings. The Morgan fingerprint density at radius 2 is 2.21 bits per heavy atom. The van der Waals surface area contributed by atoms with Gasteiger partial charge in [0.05, 0.1) is 18.6 Å². The van der Waals surface area contributed by atoms with Crippen molar-refractivity contribution in [3.63, 3.8) is 0 Å². The number of nitrogens with zero attached hydrogens (tertiary/aromatic N) is 1. The summed E-state index contributed by atoms with van der Waals surface area (Å²) in [7, 11) is -1.87. The van der Waals surface area contributed by atoms with Crippen molar-refractivity contribution in [2.75, 3.05) is 23.7 Å². The zero-order valence-corrected chi connectivity index (χ0v) is 11.4. The van der Waals surface area contributed by atoms with E-state index in [1.54, 1.807) is 30.3 Å². The second-order valence-corrected chi connectivity index (χ2v) is 6.21. The summed E-state index contributed by atoms with van der Waals surface area (Å²) in [5.74, 6) is -0.255. The smallest absolute Gasteiger partial charge is 0.330 e. The third kappa shape index (κ3) is 3.14. The molecule has 0 bridgehead atoms. The molecule has 6 heteroatoms. The van der Waals surface area contributed by atoms with Crippen LogP contribution in [0.3, 0.4) is 0 Å². The predicted octanol–water partition coefficient (Wildman–Crippen LogP) is 1.41. The molecule has 1 fully saturated rings. The van der Waals surface area contributed by atoms with E-state index in [1.165, 1.54) is 17.5 Å². The molecule has 1 aliphatic heterocycles. The van der Waals surface area contributed by atoms with Crippen molar-refractivity contribution in [3.05, 3.63) is 35.9 Å². The first-order chi connectivity index (χ1) is 9.03. The summed E-state index contributed by atoms with van der Waals surface area (Å²) in [6.07, 6.45) is 3.54. The van der Waals surface area contributed by atoms with Gasteiger partial charge in [-0.25, -0.2) is 13.2 Å². The monoisotopic (exact) mass is 281 g/mol. The third-order valence-electron chi connectivity index (χ3n) is 2.87. The van der Waals surface area contributed by atoms with E-state index in [4.69, 9.17) is 0 Å². The maximum absolute atomic E-state index is 11.8. The van der Waals surface area contributed by atoms with Gasteiger partial charge in [-0.2, -0.15) is 0 Å². The number of esters is 1. The maximum Gasteiger partial charge on any atom is 0.330 e. The summed E-state index contributed by atoms with van der Waals surface area (Å²) in [6, 6.07) is 7.05. The lowest BCUT2D eigenvalue weighted by molar-refractivity contribution is -0.134. The fourth-order valence-corrected chi connectivity index (χ4v) is 3.50. The Morgan fingerprint density at radius 3 is 2.84 bits per heavy atom. The van der Waals surface area contributed by atoms with E-state index < -0.39 is 16.0 Å². The highest BCUT2D eigenvalue weighted by Gasteiger charge is 2.28. The molecule has 1 heterocycles. The zero-order valence-electron chi connectivity index (χ0n) is 10.6. The second-order valence-electron chi connectivity index (χ2n) is 4.19. The Labute approximate surface area is 112 Å². The lowest BCUT2D eigenvalue weighted by Gasteiger charge is -2.17. The highest BCUT2D eigenvalue weighted by atomic mass is 32.2. The minimum absolute atomic E-state index is 0.190. The van der Waals surface area contributed by atoms with Crippen molar-refractivity contribution < 1.29 is 17.9 Å². The van der Waals surface area contributed by atoms with Gasteiger partial charge < -0.3 is 4.74 Å². The van der Waals surface area contributed by atoms with Gasteiger partial charge in [0, 0.05) is 12.6 Å². The summed E-state index contributed by atoms with van der Waals surface area (Å²) in [5, 5.41) is 0. The lowest BCUT2D eigenvalue weighted by atomic mass is 10.2. The van der Waals surface area contributed by atoms with Crippen LogP contribution in [0.2, 0.25) is 0 Å². The molecule has 102 valence electrons. The lowest BCUT2D eigenvalue weighted by Crippen LogP contribution is -2.24. The van der Waals surface area contributed by atoms with Gasteiger partial charge in [0.25, 0.3) is 0 Å². The summed E-state index contributed by atoms with van der Waals surface area (Å²) >= 11 is 0. The van der Waals surface area contributed by atoms with Crippen LogP contribution in [0, 0.1) is 0 Å². The van der Waals surface area contributed by atoms with Gasteiger partial charge in [-0.05, 0) is 30.2 Å². The van der Waals surface area contributed by atoms with Gasteiger partial charge >= 0.3 is 5.97 Å². The molecule has 1 aromatic carbocycles. The first-order valence-electron chi connectivity index (χ1n) is 5.89. The molecule has 0 radical (unpaired) electrons. The quantitative estimate of drug-likeness (QED) is 0.621. The van der Waals surface area contributed by atoms with Crippen LogP contribution in [-0.2, 0) is 19.6 Å². The molecule has 0 unspecified atom stereocenters. The van der Waals surface area contributed by atoms with E-state index >= 15 is 0 Å². The normalized spacial score (nSPS) is 17.8. The number of sulfonamides is 1. The number of benzene rings is 1. The minimum Gasteiger partial charge on any atom is -0.466 e.